The molecule has 98 valence electrons. The average Bonchev–Trinajstić information content (AvgIpc) is 2.77. The van der Waals surface area contributed by atoms with E-state index in [2.05, 4.69) is 37.4 Å². The molecule has 1 aromatic heterocycles. The fourth-order valence-electron chi connectivity index (χ4n) is 1.99. The van der Waals surface area contributed by atoms with E-state index in [1.165, 1.54) is 16.5 Å². The molecule has 0 aliphatic carbocycles. The molecule has 0 aliphatic rings. The highest BCUT2D eigenvalue weighted by atomic mass is 16.5. The smallest absolute Gasteiger partial charge is 0.134 e. The van der Waals surface area contributed by atoms with Crippen LogP contribution in [0.15, 0.2) is 28.9 Å². The van der Waals surface area contributed by atoms with E-state index in [-0.39, 0.29) is 0 Å². The van der Waals surface area contributed by atoms with E-state index in [0.29, 0.717) is 5.92 Å². The molecular weight excluding hydrogens is 226 g/mol. The number of methoxy groups -OCH3 is 1. The summed E-state index contributed by atoms with van der Waals surface area (Å²) in [6.07, 6.45) is 1.84. The van der Waals surface area contributed by atoms with Crippen LogP contribution in [0.25, 0.3) is 11.0 Å². The molecule has 0 radical (unpaired) electrons. The monoisotopic (exact) mass is 247 g/mol. The zero-order chi connectivity index (χ0) is 13.0. The van der Waals surface area contributed by atoms with Gasteiger partial charge in [0.2, 0.25) is 0 Å². The summed E-state index contributed by atoms with van der Waals surface area (Å²) in [4.78, 5) is 0. The maximum atomic E-state index is 5.57. The molecular formula is C15H21NO2. The second-order valence-corrected chi connectivity index (χ2v) is 4.84. The molecule has 0 saturated carbocycles. The minimum absolute atomic E-state index is 0.540. The van der Waals surface area contributed by atoms with Gasteiger partial charge in [0.15, 0.2) is 0 Å². The molecule has 18 heavy (non-hydrogen) atoms. The normalized spacial score (nSPS) is 11.6. The molecule has 0 amide bonds. The molecule has 0 atom stereocenters. The van der Waals surface area contributed by atoms with Crippen molar-refractivity contribution in [3.8, 4) is 0 Å². The van der Waals surface area contributed by atoms with Crippen molar-refractivity contribution in [2.75, 3.05) is 20.3 Å². The van der Waals surface area contributed by atoms with Gasteiger partial charge in [0, 0.05) is 31.1 Å². The van der Waals surface area contributed by atoms with Gasteiger partial charge in [-0.15, -0.1) is 0 Å². The minimum Gasteiger partial charge on any atom is -0.464 e. The lowest BCUT2D eigenvalue weighted by molar-refractivity contribution is 0.199. The first kappa shape index (κ1) is 13.1. The summed E-state index contributed by atoms with van der Waals surface area (Å²) >= 11 is 0. The van der Waals surface area contributed by atoms with Gasteiger partial charge in [0.25, 0.3) is 0 Å². The van der Waals surface area contributed by atoms with E-state index >= 15 is 0 Å². The summed E-state index contributed by atoms with van der Waals surface area (Å²) in [6.45, 7) is 6.81. The van der Waals surface area contributed by atoms with Crippen molar-refractivity contribution >= 4 is 11.0 Å². The van der Waals surface area contributed by atoms with Gasteiger partial charge >= 0.3 is 0 Å². The summed E-state index contributed by atoms with van der Waals surface area (Å²) in [6, 6.07) is 6.43. The van der Waals surface area contributed by atoms with Crippen molar-refractivity contribution < 1.29 is 9.15 Å². The quantitative estimate of drug-likeness (QED) is 0.795. The van der Waals surface area contributed by atoms with Crippen LogP contribution in [-0.4, -0.2) is 20.3 Å². The third-order valence-corrected chi connectivity index (χ3v) is 3.14. The van der Waals surface area contributed by atoms with Gasteiger partial charge < -0.3 is 14.5 Å². The lowest BCUT2D eigenvalue weighted by atomic mass is 10.0. The maximum absolute atomic E-state index is 5.57. The van der Waals surface area contributed by atoms with Gasteiger partial charge in [-0.2, -0.15) is 0 Å². The molecule has 0 saturated heterocycles. The fraction of sp³-hybridized carbons (Fsp3) is 0.467. The van der Waals surface area contributed by atoms with E-state index in [1.807, 2.05) is 6.26 Å². The van der Waals surface area contributed by atoms with Crippen LogP contribution >= 0.6 is 0 Å². The van der Waals surface area contributed by atoms with E-state index in [9.17, 15) is 0 Å². The summed E-state index contributed by atoms with van der Waals surface area (Å²) in [7, 11) is 1.71. The van der Waals surface area contributed by atoms with Gasteiger partial charge in [-0.1, -0.05) is 19.9 Å². The summed E-state index contributed by atoms with van der Waals surface area (Å²) < 4.78 is 10.6. The first-order valence-corrected chi connectivity index (χ1v) is 6.42. The first-order valence-electron chi connectivity index (χ1n) is 6.42. The highest BCUT2D eigenvalue weighted by Gasteiger charge is 2.08. The van der Waals surface area contributed by atoms with E-state index < -0.39 is 0 Å². The van der Waals surface area contributed by atoms with Crippen LogP contribution in [0, 0.1) is 0 Å². The van der Waals surface area contributed by atoms with Crippen LogP contribution in [0.2, 0.25) is 0 Å². The first-order chi connectivity index (χ1) is 8.72. The molecule has 1 heterocycles. The van der Waals surface area contributed by atoms with Gasteiger partial charge in [0.1, 0.15) is 5.58 Å². The number of rotatable bonds is 6. The Labute approximate surface area is 108 Å². The SMILES string of the molecule is COCCNCc1coc2ccc(C(C)C)cc12. The van der Waals surface area contributed by atoms with Crippen molar-refractivity contribution in [3.63, 3.8) is 0 Å². The number of hydrogen-bond acceptors (Lipinski definition) is 3. The number of nitrogens with one attached hydrogen (secondary N) is 1. The molecule has 0 spiro atoms. The van der Waals surface area contributed by atoms with E-state index in [4.69, 9.17) is 9.15 Å². The lowest BCUT2D eigenvalue weighted by Gasteiger charge is -2.06. The molecule has 2 aromatic rings. The van der Waals surface area contributed by atoms with Crippen molar-refractivity contribution in [1.29, 1.82) is 0 Å². The number of hydrogen-bond donors (Lipinski definition) is 1. The average molecular weight is 247 g/mol. The molecule has 3 heteroatoms. The van der Waals surface area contributed by atoms with E-state index in [1.54, 1.807) is 7.11 Å². The predicted molar refractivity (Wildman–Crippen MR) is 73.9 cm³/mol. The zero-order valence-corrected chi connectivity index (χ0v) is 11.3. The fourth-order valence-corrected chi connectivity index (χ4v) is 1.99. The summed E-state index contributed by atoms with van der Waals surface area (Å²) in [5, 5.41) is 4.56. The van der Waals surface area contributed by atoms with Crippen LogP contribution in [0.3, 0.4) is 0 Å². The van der Waals surface area contributed by atoms with E-state index in [0.717, 1.165) is 25.3 Å². The highest BCUT2D eigenvalue weighted by Crippen LogP contribution is 2.25. The zero-order valence-electron chi connectivity index (χ0n) is 11.3. The Morgan fingerprint density at radius 3 is 2.89 bits per heavy atom. The van der Waals surface area contributed by atoms with Crippen LogP contribution in [-0.2, 0) is 11.3 Å². The molecule has 0 aliphatic heterocycles. The number of furan rings is 1. The Hall–Kier alpha value is -1.32. The molecule has 1 N–H and O–H groups in total. The van der Waals surface area contributed by atoms with Gasteiger partial charge in [0.05, 0.1) is 12.9 Å². The molecule has 2 rings (SSSR count). The Morgan fingerprint density at radius 2 is 2.17 bits per heavy atom. The topological polar surface area (TPSA) is 34.4 Å². The predicted octanol–water partition coefficient (Wildman–Crippen LogP) is 3.29. The summed E-state index contributed by atoms with van der Waals surface area (Å²) in [5.41, 5.74) is 3.52. The second-order valence-electron chi connectivity index (χ2n) is 4.84. The van der Waals surface area contributed by atoms with Gasteiger partial charge in [-0.25, -0.2) is 0 Å². The Balaban J connectivity index is 2.15. The third-order valence-electron chi connectivity index (χ3n) is 3.14. The molecule has 0 unspecified atom stereocenters. The molecule has 0 bridgehead atoms. The van der Waals surface area contributed by atoms with Crippen LogP contribution in [0.1, 0.15) is 30.9 Å². The second kappa shape index (κ2) is 6.03. The highest BCUT2D eigenvalue weighted by molar-refractivity contribution is 5.81. The standard InChI is InChI=1S/C15H21NO2/c1-11(2)12-4-5-15-14(8-12)13(10-18-15)9-16-6-7-17-3/h4-5,8,10-11,16H,6-7,9H2,1-3H3. The van der Waals surface area contributed by atoms with Crippen molar-refractivity contribution in [3.05, 3.63) is 35.6 Å². The molecule has 3 nitrogen and oxygen atoms in total. The minimum atomic E-state index is 0.540. The largest absolute Gasteiger partial charge is 0.464 e. The number of benzene rings is 1. The lowest BCUT2D eigenvalue weighted by Crippen LogP contribution is -2.18. The van der Waals surface area contributed by atoms with Gasteiger partial charge in [-0.3, -0.25) is 0 Å². The maximum Gasteiger partial charge on any atom is 0.134 e. The Bertz CT molecular complexity index is 502. The number of ether oxygens (including phenoxy) is 1. The molecule has 0 fully saturated rings. The van der Waals surface area contributed by atoms with Crippen LogP contribution in [0.4, 0.5) is 0 Å². The third kappa shape index (κ3) is 2.92. The number of fused-ring (bicyclic) bond motifs is 1. The Kier molecular flexibility index (Phi) is 4.39. The van der Waals surface area contributed by atoms with Crippen LogP contribution in [0.5, 0.6) is 0 Å². The van der Waals surface area contributed by atoms with Crippen LogP contribution < -0.4 is 5.32 Å². The van der Waals surface area contributed by atoms with Crippen molar-refractivity contribution in [2.45, 2.75) is 26.3 Å². The van der Waals surface area contributed by atoms with Gasteiger partial charge in [-0.05, 0) is 23.6 Å². The summed E-state index contributed by atoms with van der Waals surface area (Å²) in [5.74, 6) is 0.540. The van der Waals surface area contributed by atoms with Crippen molar-refractivity contribution in [2.24, 2.45) is 0 Å². The Morgan fingerprint density at radius 1 is 1.33 bits per heavy atom. The van der Waals surface area contributed by atoms with Crippen molar-refractivity contribution in [1.82, 2.24) is 5.32 Å². The molecule has 1 aromatic carbocycles.